The van der Waals surface area contributed by atoms with E-state index in [2.05, 4.69) is 21.2 Å². The highest BCUT2D eigenvalue weighted by Crippen LogP contribution is 2.31. The van der Waals surface area contributed by atoms with Gasteiger partial charge in [-0.1, -0.05) is 30.3 Å². The molecule has 1 aliphatic rings. The number of piperazine rings is 1. The van der Waals surface area contributed by atoms with Gasteiger partial charge in [-0.25, -0.2) is 8.78 Å². The first-order chi connectivity index (χ1) is 15.0. The molecule has 3 aromatic rings. The predicted molar refractivity (Wildman–Crippen MR) is 121 cm³/mol. The lowest BCUT2D eigenvalue weighted by molar-refractivity contribution is 0.0886. The Labute approximate surface area is 185 Å². The highest BCUT2D eigenvalue weighted by atomic mass is 32.1. The van der Waals surface area contributed by atoms with Crippen LogP contribution in [0.5, 0.6) is 0 Å². The van der Waals surface area contributed by atoms with Crippen molar-refractivity contribution in [1.82, 2.24) is 10.2 Å². The normalized spacial score (nSPS) is 16.7. The van der Waals surface area contributed by atoms with Crippen LogP contribution in [0.15, 0.2) is 66.0 Å². The second-order valence-electron chi connectivity index (χ2n) is 7.68. The van der Waals surface area contributed by atoms with Crippen molar-refractivity contribution >= 4 is 22.9 Å². The van der Waals surface area contributed by atoms with Crippen molar-refractivity contribution in [2.45, 2.75) is 19.0 Å². The molecule has 1 N–H and O–H groups in total. The van der Waals surface area contributed by atoms with Crippen molar-refractivity contribution in [3.05, 3.63) is 88.1 Å². The second-order valence-corrected chi connectivity index (χ2v) is 8.66. The molecule has 1 fully saturated rings. The van der Waals surface area contributed by atoms with Gasteiger partial charge < -0.3 is 10.2 Å². The van der Waals surface area contributed by atoms with Crippen LogP contribution in [0.4, 0.5) is 14.5 Å². The Balaban J connectivity index is 1.48. The highest BCUT2D eigenvalue weighted by Gasteiger charge is 2.31. The molecule has 0 saturated carbocycles. The zero-order chi connectivity index (χ0) is 21.8. The van der Waals surface area contributed by atoms with E-state index in [0.29, 0.717) is 18.8 Å². The van der Waals surface area contributed by atoms with Gasteiger partial charge in [0.15, 0.2) is 0 Å². The molecule has 0 spiro atoms. The summed E-state index contributed by atoms with van der Waals surface area (Å²) in [5.74, 6) is -1.16. The minimum Gasteiger partial charge on any atom is -0.367 e. The van der Waals surface area contributed by atoms with Crippen molar-refractivity contribution in [2.75, 3.05) is 31.1 Å². The number of nitrogens with zero attached hydrogens (tertiary/aromatic N) is 2. The smallest absolute Gasteiger partial charge is 0.254 e. The minimum atomic E-state index is -0.529. The van der Waals surface area contributed by atoms with E-state index in [4.69, 9.17) is 0 Å². The molecule has 0 bridgehead atoms. The van der Waals surface area contributed by atoms with Gasteiger partial charge in [-0.15, -0.1) is 11.3 Å². The number of rotatable bonds is 6. The van der Waals surface area contributed by atoms with Gasteiger partial charge in [-0.05, 0) is 42.6 Å². The summed E-state index contributed by atoms with van der Waals surface area (Å²) in [5, 5.41) is 5.00. The topological polar surface area (TPSA) is 35.6 Å². The Morgan fingerprint density at radius 3 is 2.26 bits per heavy atom. The maximum Gasteiger partial charge on any atom is 0.254 e. The molecule has 2 aromatic carbocycles. The number of anilines is 1. The average Bonchev–Trinajstić information content (AvgIpc) is 3.29. The van der Waals surface area contributed by atoms with Crippen molar-refractivity contribution in [2.24, 2.45) is 0 Å². The largest absolute Gasteiger partial charge is 0.367 e. The molecule has 2 heterocycles. The summed E-state index contributed by atoms with van der Waals surface area (Å²) in [4.78, 5) is 18.2. The van der Waals surface area contributed by atoms with Gasteiger partial charge in [-0.2, -0.15) is 0 Å². The Hall–Kier alpha value is -2.77. The third-order valence-electron chi connectivity index (χ3n) is 5.69. The van der Waals surface area contributed by atoms with Crippen LogP contribution in [0.25, 0.3) is 0 Å². The molecule has 31 heavy (non-hydrogen) atoms. The molecule has 0 radical (unpaired) electrons. The fourth-order valence-electron chi connectivity index (χ4n) is 4.16. The molecule has 1 aliphatic heterocycles. The Bertz CT molecular complexity index is 1020. The van der Waals surface area contributed by atoms with Crippen LogP contribution in [-0.2, 0) is 0 Å². The van der Waals surface area contributed by atoms with Gasteiger partial charge in [-0.3, -0.25) is 9.69 Å². The summed E-state index contributed by atoms with van der Waals surface area (Å²) in [6, 6.07) is 16.6. The number of halogens is 2. The van der Waals surface area contributed by atoms with Gasteiger partial charge in [0.2, 0.25) is 0 Å². The summed E-state index contributed by atoms with van der Waals surface area (Å²) in [5.41, 5.74) is 0.666. The van der Waals surface area contributed by atoms with E-state index in [1.54, 1.807) is 35.6 Å². The first-order valence-corrected chi connectivity index (χ1v) is 11.2. The lowest BCUT2D eigenvalue weighted by Gasteiger charge is -2.42. The lowest BCUT2D eigenvalue weighted by atomic mass is 10.0. The van der Waals surface area contributed by atoms with Gasteiger partial charge >= 0.3 is 0 Å². The minimum absolute atomic E-state index is 0.0431. The number of para-hydroxylation sites is 1. The fraction of sp³-hybridized carbons (Fsp3) is 0.292. The SMILES string of the molecule is C[C@@H](NC(=O)c1ccccc1F)[C@H](c1cccs1)N1CCN(c2ccccc2F)CC1. The van der Waals surface area contributed by atoms with Gasteiger partial charge in [0.1, 0.15) is 11.6 Å². The zero-order valence-corrected chi connectivity index (χ0v) is 18.1. The Morgan fingerprint density at radius 1 is 0.935 bits per heavy atom. The van der Waals surface area contributed by atoms with E-state index in [-0.39, 0.29) is 23.5 Å². The molecule has 1 saturated heterocycles. The number of thiophene rings is 1. The van der Waals surface area contributed by atoms with E-state index in [0.717, 1.165) is 18.0 Å². The summed E-state index contributed by atoms with van der Waals surface area (Å²) >= 11 is 1.64. The highest BCUT2D eigenvalue weighted by molar-refractivity contribution is 7.10. The number of hydrogen-bond acceptors (Lipinski definition) is 4. The average molecular weight is 442 g/mol. The Kier molecular flexibility index (Phi) is 6.63. The summed E-state index contributed by atoms with van der Waals surface area (Å²) < 4.78 is 28.2. The van der Waals surface area contributed by atoms with Crippen LogP contribution in [0.3, 0.4) is 0 Å². The molecule has 0 aliphatic carbocycles. The number of amides is 1. The van der Waals surface area contributed by atoms with Crippen molar-refractivity contribution in [3.8, 4) is 0 Å². The molecule has 1 aromatic heterocycles. The molecular formula is C24H25F2N3OS. The molecule has 0 unspecified atom stereocenters. The van der Waals surface area contributed by atoms with Crippen LogP contribution >= 0.6 is 11.3 Å². The molecular weight excluding hydrogens is 416 g/mol. The van der Waals surface area contributed by atoms with Gasteiger partial charge in [0, 0.05) is 37.1 Å². The number of hydrogen-bond donors (Lipinski definition) is 1. The van der Waals surface area contributed by atoms with Crippen LogP contribution in [0.1, 0.15) is 28.2 Å². The Morgan fingerprint density at radius 2 is 1.61 bits per heavy atom. The van der Waals surface area contributed by atoms with Crippen LogP contribution in [-0.4, -0.2) is 43.0 Å². The van der Waals surface area contributed by atoms with Gasteiger partial charge in [0.25, 0.3) is 5.91 Å². The molecule has 2 atom stereocenters. The maximum absolute atomic E-state index is 14.2. The van der Waals surface area contributed by atoms with E-state index >= 15 is 0 Å². The van der Waals surface area contributed by atoms with E-state index in [9.17, 15) is 13.6 Å². The van der Waals surface area contributed by atoms with Crippen molar-refractivity contribution in [1.29, 1.82) is 0 Å². The van der Waals surface area contributed by atoms with E-state index in [1.165, 1.54) is 18.2 Å². The molecule has 1 amide bonds. The predicted octanol–water partition coefficient (Wildman–Crippen LogP) is 4.71. The second kappa shape index (κ2) is 9.58. The first kappa shape index (κ1) is 21.5. The summed E-state index contributed by atoms with van der Waals surface area (Å²) in [6.07, 6.45) is 0. The van der Waals surface area contributed by atoms with Crippen LogP contribution < -0.4 is 10.2 Å². The molecule has 4 rings (SSSR count). The zero-order valence-electron chi connectivity index (χ0n) is 17.3. The van der Waals surface area contributed by atoms with Crippen LogP contribution in [0.2, 0.25) is 0 Å². The van der Waals surface area contributed by atoms with Crippen molar-refractivity contribution < 1.29 is 13.6 Å². The first-order valence-electron chi connectivity index (χ1n) is 10.4. The van der Waals surface area contributed by atoms with Crippen LogP contribution in [0, 0.1) is 11.6 Å². The quantitative estimate of drug-likeness (QED) is 0.602. The van der Waals surface area contributed by atoms with E-state index in [1.807, 2.05) is 24.4 Å². The summed E-state index contributed by atoms with van der Waals surface area (Å²) in [6.45, 7) is 4.80. The third kappa shape index (κ3) is 4.78. The van der Waals surface area contributed by atoms with Gasteiger partial charge in [0.05, 0.1) is 17.3 Å². The maximum atomic E-state index is 14.2. The fourth-order valence-corrected chi connectivity index (χ4v) is 5.12. The molecule has 4 nitrogen and oxygen atoms in total. The van der Waals surface area contributed by atoms with Crippen molar-refractivity contribution in [3.63, 3.8) is 0 Å². The third-order valence-corrected chi connectivity index (χ3v) is 6.63. The standard InChI is InChI=1S/C24H25F2N3OS/c1-17(27-24(30)18-7-2-3-8-19(18)25)23(22-11-6-16-31-22)29-14-12-28(13-15-29)21-10-5-4-9-20(21)26/h2-11,16-17,23H,12-15H2,1H3,(H,27,30)/t17-,23-/m1/s1. The molecule has 7 heteroatoms. The number of carbonyl (C=O) groups excluding carboxylic acids is 1. The number of nitrogens with one attached hydrogen (secondary N) is 1. The molecule has 162 valence electrons. The summed E-state index contributed by atoms with van der Waals surface area (Å²) in [7, 11) is 0. The number of carbonyl (C=O) groups is 1. The van der Waals surface area contributed by atoms with E-state index < -0.39 is 11.7 Å². The lowest BCUT2D eigenvalue weighted by Crippen LogP contribution is -2.52. The number of benzene rings is 2. The monoisotopic (exact) mass is 441 g/mol.